The monoisotopic (exact) mass is 285 g/mol. The Bertz CT molecular complexity index is 330. The molecule has 0 saturated carbocycles. The average Bonchev–Trinajstić information content (AvgIpc) is 2.25. The molecule has 2 N–H and O–H groups in total. The predicted octanol–water partition coefficient (Wildman–Crippen LogP) is 2.13. The number of halogens is 4. The van der Waals surface area contributed by atoms with Crippen LogP contribution in [-0.4, -0.2) is 31.2 Å². The fourth-order valence-electron chi connectivity index (χ4n) is 1.29. The summed E-state index contributed by atoms with van der Waals surface area (Å²) in [5.74, 6) is -0.218. The molecule has 0 amide bonds. The highest BCUT2D eigenvalue weighted by molar-refractivity contribution is 5.85. The number of rotatable bonds is 6. The van der Waals surface area contributed by atoms with Crippen LogP contribution in [0.15, 0.2) is 24.3 Å². The summed E-state index contributed by atoms with van der Waals surface area (Å²) >= 11 is 0. The van der Waals surface area contributed by atoms with Gasteiger partial charge in [0.15, 0.2) is 0 Å². The second-order valence-corrected chi connectivity index (χ2v) is 3.42. The highest BCUT2D eigenvalue weighted by atomic mass is 35.5. The van der Waals surface area contributed by atoms with E-state index in [2.05, 4.69) is 10.1 Å². The van der Waals surface area contributed by atoms with Gasteiger partial charge in [-0.2, -0.15) is 0 Å². The van der Waals surface area contributed by atoms with E-state index in [-0.39, 0.29) is 24.8 Å². The van der Waals surface area contributed by atoms with Gasteiger partial charge in [-0.15, -0.1) is 25.6 Å². The van der Waals surface area contributed by atoms with Crippen LogP contribution in [0.3, 0.4) is 0 Å². The summed E-state index contributed by atoms with van der Waals surface area (Å²) in [6, 6.07) is 5.74. The van der Waals surface area contributed by atoms with Crippen molar-refractivity contribution in [3.8, 4) is 5.75 Å². The number of nitrogens with one attached hydrogen (secondary N) is 1. The Hall–Kier alpha value is -0.980. The van der Waals surface area contributed by atoms with E-state index in [9.17, 15) is 13.2 Å². The van der Waals surface area contributed by atoms with Gasteiger partial charge in [0.05, 0.1) is 6.61 Å². The quantitative estimate of drug-likeness (QED) is 0.787. The first-order valence-corrected chi connectivity index (χ1v) is 5.17. The summed E-state index contributed by atoms with van der Waals surface area (Å²) in [5.41, 5.74) is 0.907. The van der Waals surface area contributed by atoms with Gasteiger partial charge in [-0.05, 0) is 30.7 Å². The van der Waals surface area contributed by atoms with E-state index in [1.807, 2.05) is 0 Å². The van der Waals surface area contributed by atoms with Gasteiger partial charge in [-0.25, -0.2) is 0 Å². The number of hydrogen-bond donors (Lipinski definition) is 2. The van der Waals surface area contributed by atoms with E-state index in [1.54, 1.807) is 12.1 Å². The maximum absolute atomic E-state index is 11.9. The standard InChI is InChI=1S/C11H14F3NO2.ClH/c12-11(13,14)17-10-3-1-9(2-4-10)5-6-15-7-8-16;/h1-4,15-16H,5-8H2;1H. The van der Waals surface area contributed by atoms with Crippen molar-refractivity contribution in [2.24, 2.45) is 0 Å². The summed E-state index contributed by atoms with van der Waals surface area (Å²) in [5, 5.41) is 11.5. The maximum atomic E-state index is 11.9. The van der Waals surface area contributed by atoms with E-state index in [4.69, 9.17) is 5.11 Å². The smallest absolute Gasteiger partial charge is 0.406 e. The van der Waals surface area contributed by atoms with E-state index in [1.165, 1.54) is 12.1 Å². The molecule has 7 heteroatoms. The molecule has 3 nitrogen and oxygen atoms in total. The Morgan fingerprint density at radius 3 is 2.22 bits per heavy atom. The predicted molar refractivity (Wildman–Crippen MR) is 64.0 cm³/mol. The van der Waals surface area contributed by atoms with Crippen LogP contribution in [0.5, 0.6) is 5.75 Å². The summed E-state index contributed by atoms with van der Waals surface area (Å²) in [6.45, 7) is 1.24. The highest BCUT2D eigenvalue weighted by Gasteiger charge is 2.30. The normalized spacial score (nSPS) is 10.9. The number of hydrogen-bond acceptors (Lipinski definition) is 3. The topological polar surface area (TPSA) is 41.5 Å². The average molecular weight is 286 g/mol. The molecular weight excluding hydrogens is 271 g/mol. The Balaban J connectivity index is 0.00000289. The van der Waals surface area contributed by atoms with Crippen LogP contribution in [0, 0.1) is 0 Å². The van der Waals surface area contributed by atoms with Crippen LogP contribution in [0.4, 0.5) is 13.2 Å². The Kier molecular flexibility index (Phi) is 7.73. The third-order valence-corrected chi connectivity index (χ3v) is 2.04. The summed E-state index contributed by atoms with van der Waals surface area (Å²) in [7, 11) is 0. The molecule has 0 fully saturated rings. The van der Waals surface area contributed by atoms with Gasteiger partial charge in [0.25, 0.3) is 0 Å². The lowest BCUT2D eigenvalue weighted by Gasteiger charge is -2.09. The maximum Gasteiger partial charge on any atom is 0.573 e. The first kappa shape index (κ1) is 17.0. The molecule has 1 aromatic rings. The van der Waals surface area contributed by atoms with Crippen molar-refractivity contribution in [3.63, 3.8) is 0 Å². The molecule has 0 spiro atoms. The fraction of sp³-hybridized carbons (Fsp3) is 0.455. The first-order valence-electron chi connectivity index (χ1n) is 5.17. The van der Waals surface area contributed by atoms with Crippen molar-refractivity contribution in [2.45, 2.75) is 12.8 Å². The van der Waals surface area contributed by atoms with Gasteiger partial charge in [0.2, 0.25) is 0 Å². The minimum absolute atomic E-state index is 0. The third-order valence-electron chi connectivity index (χ3n) is 2.04. The molecule has 0 aromatic heterocycles. The zero-order valence-electron chi connectivity index (χ0n) is 9.54. The molecule has 104 valence electrons. The number of ether oxygens (including phenoxy) is 1. The van der Waals surface area contributed by atoms with Gasteiger partial charge in [-0.3, -0.25) is 0 Å². The van der Waals surface area contributed by atoms with Crippen LogP contribution >= 0.6 is 12.4 Å². The van der Waals surface area contributed by atoms with Crippen LogP contribution in [-0.2, 0) is 6.42 Å². The van der Waals surface area contributed by atoms with Gasteiger partial charge in [-0.1, -0.05) is 12.1 Å². The molecule has 0 atom stereocenters. The van der Waals surface area contributed by atoms with Crippen molar-refractivity contribution in [1.29, 1.82) is 0 Å². The van der Waals surface area contributed by atoms with Crippen LogP contribution in [0.25, 0.3) is 0 Å². The minimum atomic E-state index is -4.65. The fourth-order valence-corrected chi connectivity index (χ4v) is 1.29. The minimum Gasteiger partial charge on any atom is -0.406 e. The van der Waals surface area contributed by atoms with Crippen molar-refractivity contribution >= 4 is 12.4 Å². The highest BCUT2D eigenvalue weighted by Crippen LogP contribution is 2.22. The Labute approximate surface area is 109 Å². The second-order valence-electron chi connectivity index (χ2n) is 3.42. The Morgan fingerprint density at radius 1 is 1.11 bits per heavy atom. The number of aliphatic hydroxyl groups excluding tert-OH is 1. The number of benzene rings is 1. The molecule has 1 aromatic carbocycles. The zero-order chi connectivity index (χ0) is 12.7. The van der Waals surface area contributed by atoms with Crippen molar-refractivity contribution in [3.05, 3.63) is 29.8 Å². The van der Waals surface area contributed by atoms with Crippen LogP contribution in [0.2, 0.25) is 0 Å². The molecule has 0 aliphatic carbocycles. The summed E-state index contributed by atoms with van der Waals surface area (Å²) in [4.78, 5) is 0. The van der Waals surface area contributed by atoms with E-state index >= 15 is 0 Å². The molecule has 0 bridgehead atoms. The molecule has 0 unspecified atom stereocenters. The Morgan fingerprint density at radius 2 is 1.72 bits per heavy atom. The molecule has 0 aliphatic heterocycles. The molecule has 0 saturated heterocycles. The van der Waals surface area contributed by atoms with E-state index < -0.39 is 6.36 Å². The van der Waals surface area contributed by atoms with Gasteiger partial charge >= 0.3 is 6.36 Å². The summed E-state index contributed by atoms with van der Waals surface area (Å²) < 4.78 is 39.4. The van der Waals surface area contributed by atoms with Gasteiger partial charge in [0, 0.05) is 6.54 Å². The van der Waals surface area contributed by atoms with Crippen LogP contribution < -0.4 is 10.1 Å². The SMILES string of the molecule is Cl.OCCNCCc1ccc(OC(F)(F)F)cc1. The lowest BCUT2D eigenvalue weighted by Crippen LogP contribution is -2.20. The summed E-state index contributed by atoms with van der Waals surface area (Å²) in [6.07, 6.45) is -3.96. The van der Waals surface area contributed by atoms with Gasteiger partial charge in [0.1, 0.15) is 5.75 Å². The van der Waals surface area contributed by atoms with Crippen molar-refractivity contribution in [1.82, 2.24) is 5.32 Å². The van der Waals surface area contributed by atoms with Gasteiger partial charge < -0.3 is 15.2 Å². The third kappa shape index (κ3) is 7.37. The van der Waals surface area contributed by atoms with E-state index in [0.717, 1.165) is 5.56 Å². The zero-order valence-corrected chi connectivity index (χ0v) is 10.4. The van der Waals surface area contributed by atoms with Crippen LogP contribution in [0.1, 0.15) is 5.56 Å². The molecular formula is C11H15ClF3NO2. The van der Waals surface area contributed by atoms with Crippen molar-refractivity contribution < 1.29 is 23.0 Å². The molecule has 0 aliphatic rings. The molecule has 18 heavy (non-hydrogen) atoms. The van der Waals surface area contributed by atoms with E-state index in [0.29, 0.717) is 19.5 Å². The largest absolute Gasteiger partial charge is 0.573 e. The lowest BCUT2D eigenvalue weighted by molar-refractivity contribution is -0.274. The second kappa shape index (κ2) is 8.18. The lowest BCUT2D eigenvalue weighted by atomic mass is 10.1. The molecule has 0 radical (unpaired) electrons. The molecule has 0 heterocycles. The molecule has 1 rings (SSSR count). The first-order chi connectivity index (χ1) is 8.01. The number of aliphatic hydroxyl groups is 1. The van der Waals surface area contributed by atoms with Crippen molar-refractivity contribution in [2.75, 3.05) is 19.7 Å². The number of alkyl halides is 3.